The Bertz CT molecular complexity index is 628. The first-order chi connectivity index (χ1) is 9.65. The van der Waals surface area contributed by atoms with Crippen LogP contribution in [0.4, 0.5) is 11.8 Å². The van der Waals surface area contributed by atoms with Gasteiger partial charge in [-0.15, -0.1) is 10.2 Å². The Kier molecular flexibility index (Phi) is 4.19. The highest BCUT2D eigenvalue weighted by Crippen LogP contribution is 2.11. The molecular formula is C13H16N6O. The Morgan fingerprint density at radius 1 is 1.25 bits per heavy atom. The van der Waals surface area contributed by atoms with Crippen LogP contribution in [0.5, 0.6) is 0 Å². The summed E-state index contributed by atoms with van der Waals surface area (Å²) in [4.78, 5) is 20.2. The number of amides is 1. The van der Waals surface area contributed by atoms with Crippen molar-refractivity contribution in [2.24, 2.45) is 0 Å². The molecule has 2 aromatic heterocycles. The van der Waals surface area contributed by atoms with Gasteiger partial charge in [0, 0.05) is 6.20 Å². The fourth-order valence-corrected chi connectivity index (χ4v) is 1.77. The molecule has 0 fully saturated rings. The van der Waals surface area contributed by atoms with E-state index >= 15 is 0 Å². The predicted octanol–water partition coefficient (Wildman–Crippen LogP) is 1.23. The summed E-state index contributed by atoms with van der Waals surface area (Å²) >= 11 is 0. The zero-order valence-electron chi connectivity index (χ0n) is 11.4. The minimum atomic E-state index is -0.399. The zero-order chi connectivity index (χ0) is 14.5. The average molecular weight is 272 g/mol. The zero-order valence-corrected chi connectivity index (χ0v) is 11.4. The third kappa shape index (κ3) is 2.87. The summed E-state index contributed by atoms with van der Waals surface area (Å²) in [5.74, 6) is -0.0603. The van der Waals surface area contributed by atoms with Crippen molar-refractivity contribution in [3.8, 4) is 0 Å². The molecule has 3 N–H and O–H groups in total. The van der Waals surface area contributed by atoms with Crippen LogP contribution in [0.25, 0.3) is 0 Å². The summed E-state index contributed by atoms with van der Waals surface area (Å²) in [6, 6.07) is 3.23. The second-order valence-corrected chi connectivity index (χ2v) is 4.13. The maximum Gasteiger partial charge on any atom is 0.261 e. The normalized spacial score (nSPS) is 10.3. The number of hydrogen-bond donors (Lipinski definition) is 2. The first kappa shape index (κ1) is 13.9. The topological polar surface area (TPSA) is 107 Å². The lowest BCUT2D eigenvalue weighted by atomic mass is 10.2. The predicted molar refractivity (Wildman–Crippen MR) is 75.2 cm³/mol. The summed E-state index contributed by atoms with van der Waals surface area (Å²) in [7, 11) is 0. The number of hydrogen-bond acceptors (Lipinski definition) is 6. The van der Waals surface area contributed by atoms with Gasteiger partial charge in [-0.25, -0.2) is 9.97 Å². The van der Waals surface area contributed by atoms with Gasteiger partial charge in [0.1, 0.15) is 5.82 Å². The van der Waals surface area contributed by atoms with Crippen LogP contribution in [-0.4, -0.2) is 26.1 Å². The Hall–Kier alpha value is -2.57. The molecular weight excluding hydrogens is 256 g/mol. The van der Waals surface area contributed by atoms with Crippen molar-refractivity contribution in [1.82, 2.24) is 20.2 Å². The summed E-state index contributed by atoms with van der Waals surface area (Å²) in [6.45, 7) is 3.97. The fourth-order valence-electron chi connectivity index (χ4n) is 1.77. The molecule has 0 aliphatic rings. The van der Waals surface area contributed by atoms with Gasteiger partial charge in [0.25, 0.3) is 5.91 Å². The monoisotopic (exact) mass is 272 g/mol. The van der Waals surface area contributed by atoms with E-state index in [0.717, 1.165) is 24.2 Å². The molecule has 0 atom stereocenters. The Balaban J connectivity index is 2.22. The summed E-state index contributed by atoms with van der Waals surface area (Å²) in [5, 5.41) is 10.5. The highest BCUT2D eigenvalue weighted by atomic mass is 16.1. The van der Waals surface area contributed by atoms with Gasteiger partial charge in [0.05, 0.1) is 17.0 Å². The number of aryl methyl sites for hydroxylation is 2. The minimum Gasteiger partial charge on any atom is -0.383 e. The fraction of sp³-hybridized carbons (Fsp3) is 0.308. The molecule has 0 bridgehead atoms. The number of aromatic nitrogens is 4. The Morgan fingerprint density at radius 3 is 2.65 bits per heavy atom. The van der Waals surface area contributed by atoms with E-state index in [1.165, 1.54) is 6.20 Å². The third-order valence-electron chi connectivity index (χ3n) is 2.82. The number of anilines is 2. The van der Waals surface area contributed by atoms with Gasteiger partial charge in [-0.3, -0.25) is 10.1 Å². The van der Waals surface area contributed by atoms with Crippen molar-refractivity contribution in [3.05, 3.63) is 35.3 Å². The molecule has 2 aromatic rings. The van der Waals surface area contributed by atoms with Crippen LogP contribution < -0.4 is 11.1 Å². The molecule has 0 unspecified atom stereocenters. The highest BCUT2D eigenvalue weighted by Gasteiger charge is 2.13. The first-order valence-corrected chi connectivity index (χ1v) is 6.40. The molecule has 2 rings (SSSR count). The van der Waals surface area contributed by atoms with Crippen LogP contribution in [0.3, 0.4) is 0 Å². The number of carbonyl (C=O) groups excluding carboxylic acids is 1. The number of nitrogens with zero attached hydrogens (tertiary/aromatic N) is 4. The van der Waals surface area contributed by atoms with E-state index in [1.807, 2.05) is 13.8 Å². The Labute approximate surface area is 116 Å². The van der Waals surface area contributed by atoms with E-state index in [9.17, 15) is 4.79 Å². The molecule has 0 saturated carbocycles. The van der Waals surface area contributed by atoms with E-state index in [0.29, 0.717) is 0 Å². The maximum atomic E-state index is 12.1. The lowest BCUT2D eigenvalue weighted by Crippen LogP contribution is -2.18. The van der Waals surface area contributed by atoms with E-state index in [4.69, 9.17) is 5.73 Å². The van der Waals surface area contributed by atoms with Crippen LogP contribution in [0, 0.1) is 0 Å². The maximum absolute atomic E-state index is 12.1. The van der Waals surface area contributed by atoms with Gasteiger partial charge in [-0.05, 0) is 25.0 Å². The molecule has 0 radical (unpaired) electrons. The van der Waals surface area contributed by atoms with Gasteiger partial charge in [-0.2, -0.15) is 0 Å². The highest BCUT2D eigenvalue weighted by molar-refractivity contribution is 6.06. The van der Waals surface area contributed by atoms with Crippen molar-refractivity contribution in [2.75, 3.05) is 11.1 Å². The van der Waals surface area contributed by atoms with E-state index in [1.54, 1.807) is 12.1 Å². The summed E-state index contributed by atoms with van der Waals surface area (Å²) in [6.07, 6.45) is 3.01. The SMILES string of the molecule is CCc1nnc(NC(=O)c2cccnc2N)nc1CC. The number of rotatable bonds is 4. The number of pyridine rings is 1. The molecule has 20 heavy (non-hydrogen) atoms. The van der Waals surface area contributed by atoms with Gasteiger partial charge < -0.3 is 5.73 Å². The van der Waals surface area contributed by atoms with E-state index in [2.05, 4.69) is 25.5 Å². The lowest BCUT2D eigenvalue weighted by molar-refractivity contribution is 0.102. The molecule has 2 heterocycles. The number of nitrogens with one attached hydrogen (secondary N) is 1. The van der Waals surface area contributed by atoms with E-state index in [-0.39, 0.29) is 17.3 Å². The average Bonchev–Trinajstić information content (AvgIpc) is 2.47. The molecule has 7 heteroatoms. The molecule has 0 spiro atoms. The van der Waals surface area contributed by atoms with Gasteiger partial charge in [0.2, 0.25) is 5.95 Å². The Morgan fingerprint density at radius 2 is 2.00 bits per heavy atom. The van der Waals surface area contributed by atoms with Crippen LogP contribution in [0.2, 0.25) is 0 Å². The molecule has 7 nitrogen and oxygen atoms in total. The number of nitrogens with two attached hydrogens (primary N) is 1. The van der Waals surface area contributed by atoms with Crippen LogP contribution in [0.1, 0.15) is 35.6 Å². The number of carbonyl (C=O) groups is 1. The molecule has 0 aliphatic carbocycles. The van der Waals surface area contributed by atoms with Crippen LogP contribution in [0.15, 0.2) is 18.3 Å². The lowest BCUT2D eigenvalue weighted by Gasteiger charge is -2.07. The second kappa shape index (κ2) is 6.05. The van der Waals surface area contributed by atoms with Crippen molar-refractivity contribution >= 4 is 17.7 Å². The van der Waals surface area contributed by atoms with Crippen LogP contribution >= 0.6 is 0 Å². The van der Waals surface area contributed by atoms with Crippen molar-refractivity contribution in [3.63, 3.8) is 0 Å². The summed E-state index contributed by atoms with van der Waals surface area (Å²) in [5.41, 5.74) is 7.60. The number of nitrogen functional groups attached to an aromatic ring is 1. The van der Waals surface area contributed by atoms with Gasteiger partial charge >= 0.3 is 0 Å². The molecule has 104 valence electrons. The quantitative estimate of drug-likeness (QED) is 0.866. The molecule has 0 aliphatic heterocycles. The molecule has 0 aromatic carbocycles. The van der Waals surface area contributed by atoms with Gasteiger partial charge in [-0.1, -0.05) is 13.8 Å². The van der Waals surface area contributed by atoms with Crippen molar-refractivity contribution in [2.45, 2.75) is 26.7 Å². The largest absolute Gasteiger partial charge is 0.383 e. The second-order valence-electron chi connectivity index (χ2n) is 4.13. The molecule has 0 saturated heterocycles. The van der Waals surface area contributed by atoms with Crippen LogP contribution in [-0.2, 0) is 12.8 Å². The smallest absolute Gasteiger partial charge is 0.261 e. The first-order valence-electron chi connectivity index (χ1n) is 6.40. The van der Waals surface area contributed by atoms with E-state index < -0.39 is 5.91 Å². The minimum absolute atomic E-state index is 0.166. The van der Waals surface area contributed by atoms with Crippen molar-refractivity contribution < 1.29 is 4.79 Å². The molecule has 1 amide bonds. The summed E-state index contributed by atoms with van der Waals surface area (Å²) < 4.78 is 0. The van der Waals surface area contributed by atoms with Crippen molar-refractivity contribution in [1.29, 1.82) is 0 Å². The van der Waals surface area contributed by atoms with Gasteiger partial charge in [0.15, 0.2) is 0 Å². The standard InChI is InChI=1S/C13H16N6O/c1-3-9-10(4-2)18-19-13(16-9)17-12(20)8-6-5-7-15-11(8)14/h5-7H,3-4H2,1-2H3,(H2,14,15)(H,16,17,19,20). The third-order valence-corrected chi connectivity index (χ3v) is 2.82.